The van der Waals surface area contributed by atoms with E-state index < -0.39 is 5.60 Å². The Kier molecular flexibility index (Phi) is 5.35. The maximum Gasteiger partial charge on any atom is 0.245 e. The molecule has 0 saturated heterocycles. The second-order valence-corrected chi connectivity index (χ2v) is 5.99. The van der Waals surface area contributed by atoms with Gasteiger partial charge in [-0.1, -0.05) is 66.2 Å². The van der Waals surface area contributed by atoms with Crippen LogP contribution in [-0.2, 0) is 10.4 Å². The van der Waals surface area contributed by atoms with Crippen LogP contribution in [0.3, 0.4) is 0 Å². The zero-order chi connectivity index (χ0) is 16.9. The number of aliphatic hydroxyl groups is 1. The Morgan fingerprint density at radius 3 is 1.83 bits per heavy atom. The molecule has 3 heteroatoms. The summed E-state index contributed by atoms with van der Waals surface area (Å²) < 4.78 is 0. The number of nitrogens with zero attached hydrogens (tertiary/aromatic N) is 1. The van der Waals surface area contributed by atoms with Crippen LogP contribution in [0.1, 0.15) is 24.5 Å². The Morgan fingerprint density at radius 2 is 1.43 bits per heavy atom. The van der Waals surface area contributed by atoms with Crippen LogP contribution in [0, 0.1) is 0 Å². The standard InChI is InChI=1S/C20H23NO2/c1-16(14-19(22)21(2)3)15-20(23,17-10-6-4-7-11-17)18-12-8-5-9-13-18/h4-14,23H,15H2,1-3H3/b16-14+. The lowest BCUT2D eigenvalue weighted by Crippen LogP contribution is -2.28. The highest BCUT2D eigenvalue weighted by Crippen LogP contribution is 2.35. The number of likely N-dealkylation sites (N-methyl/N-ethyl adjacent to an activating group) is 1. The maximum atomic E-state index is 11.9. The molecule has 0 atom stereocenters. The normalized spacial score (nSPS) is 12.1. The molecule has 0 bridgehead atoms. The molecule has 0 radical (unpaired) electrons. The molecule has 0 aromatic heterocycles. The molecular weight excluding hydrogens is 286 g/mol. The molecule has 0 aliphatic carbocycles. The van der Waals surface area contributed by atoms with Crippen molar-refractivity contribution < 1.29 is 9.90 Å². The molecule has 2 rings (SSSR count). The topological polar surface area (TPSA) is 40.5 Å². The highest BCUT2D eigenvalue weighted by atomic mass is 16.3. The summed E-state index contributed by atoms with van der Waals surface area (Å²) >= 11 is 0. The van der Waals surface area contributed by atoms with Gasteiger partial charge in [-0.25, -0.2) is 0 Å². The molecule has 0 saturated carbocycles. The van der Waals surface area contributed by atoms with Gasteiger partial charge in [0.1, 0.15) is 5.60 Å². The van der Waals surface area contributed by atoms with E-state index in [2.05, 4.69) is 0 Å². The Hall–Kier alpha value is -2.39. The van der Waals surface area contributed by atoms with Crippen molar-refractivity contribution in [1.82, 2.24) is 4.90 Å². The van der Waals surface area contributed by atoms with E-state index in [-0.39, 0.29) is 5.91 Å². The molecule has 1 N–H and O–H groups in total. The first-order valence-electron chi connectivity index (χ1n) is 7.65. The van der Waals surface area contributed by atoms with Gasteiger partial charge in [-0.15, -0.1) is 0 Å². The van der Waals surface area contributed by atoms with Crippen molar-refractivity contribution in [3.8, 4) is 0 Å². The smallest absolute Gasteiger partial charge is 0.245 e. The molecule has 2 aromatic rings. The van der Waals surface area contributed by atoms with Crippen molar-refractivity contribution >= 4 is 5.91 Å². The van der Waals surface area contributed by atoms with Crippen LogP contribution >= 0.6 is 0 Å². The fraction of sp³-hybridized carbons (Fsp3) is 0.250. The van der Waals surface area contributed by atoms with E-state index in [9.17, 15) is 9.90 Å². The quantitative estimate of drug-likeness (QED) is 0.861. The number of hydrogen-bond acceptors (Lipinski definition) is 2. The van der Waals surface area contributed by atoms with Crippen molar-refractivity contribution in [3.05, 3.63) is 83.4 Å². The monoisotopic (exact) mass is 309 g/mol. The van der Waals surface area contributed by atoms with Gasteiger partial charge >= 0.3 is 0 Å². The van der Waals surface area contributed by atoms with Gasteiger partial charge in [0.05, 0.1) is 0 Å². The average molecular weight is 309 g/mol. The lowest BCUT2D eigenvalue weighted by molar-refractivity contribution is -0.123. The van der Waals surface area contributed by atoms with Gasteiger partial charge in [0.2, 0.25) is 5.91 Å². The summed E-state index contributed by atoms with van der Waals surface area (Å²) in [5, 5.41) is 11.4. The minimum atomic E-state index is -1.16. The van der Waals surface area contributed by atoms with Crippen molar-refractivity contribution in [2.24, 2.45) is 0 Å². The first-order chi connectivity index (χ1) is 10.9. The molecule has 2 aromatic carbocycles. The summed E-state index contributed by atoms with van der Waals surface area (Å²) in [7, 11) is 3.43. The summed E-state index contributed by atoms with van der Waals surface area (Å²) in [4.78, 5) is 13.4. The van der Waals surface area contributed by atoms with E-state index in [1.807, 2.05) is 67.6 Å². The number of benzene rings is 2. The summed E-state index contributed by atoms with van der Waals surface area (Å²) in [5.41, 5.74) is 1.31. The zero-order valence-corrected chi connectivity index (χ0v) is 13.9. The predicted octanol–water partition coefficient (Wildman–Crippen LogP) is 3.35. The maximum absolute atomic E-state index is 11.9. The second kappa shape index (κ2) is 7.25. The summed E-state index contributed by atoms with van der Waals surface area (Å²) in [6.07, 6.45) is 1.94. The summed E-state index contributed by atoms with van der Waals surface area (Å²) in [5.74, 6) is -0.0778. The molecule has 0 heterocycles. The van der Waals surface area contributed by atoms with Gasteiger partial charge in [-0.05, 0) is 18.1 Å². The number of carbonyl (C=O) groups is 1. The van der Waals surface area contributed by atoms with Crippen LogP contribution in [0.15, 0.2) is 72.3 Å². The van der Waals surface area contributed by atoms with Crippen LogP contribution in [0.2, 0.25) is 0 Å². The highest BCUT2D eigenvalue weighted by molar-refractivity contribution is 5.87. The van der Waals surface area contributed by atoms with E-state index in [0.29, 0.717) is 6.42 Å². The third kappa shape index (κ3) is 4.08. The minimum absolute atomic E-state index is 0.0778. The van der Waals surface area contributed by atoms with Gasteiger partial charge in [-0.2, -0.15) is 0 Å². The van der Waals surface area contributed by atoms with Gasteiger partial charge < -0.3 is 10.0 Å². The van der Waals surface area contributed by atoms with Crippen LogP contribution < -0.4 is 0 Å². The van der Waals surface area contributed by atoms with Gasteiger partial charge in [0, 0.05) is 26.6 Å². The van der Waals surface area contributed by atoms with Crippen LogP contribution in [-0.4, -0.2) is 30.0 Å². The molecule has 120 valence electrons. The fourth-order valence-corrected chi connectivity index (χ4v) is 2.59. The fourth-order valence-electron chi connectivity index (χ4n) is 2.59. The number of carbonyl (C=O) groups excluding carboxylic acids is 1. The molecule has 0 unspecified atom stereocenters. The van der Waals surface area contributed by atoms with Gasteiger partial charge in [0.15, 0.2) is 0 Å². The number of amides is 1. The molecule has 0 aliphatic rings. The Labute approximate surface area is 137 Å². The third-order valence-corrected chi connectivity index (χ3v) is 3.85. The van der Waals surface area contributed by atoms with Gasteiger partial charge in [0.25, 0.3) is 0 Å². The lowest BCUT2D eigenvalue weighted by Gasteiger charge is -2.30. The Morgan fingerprint density at radius 1 is 1.00 bits per heavy atom. The van der Waals surface area contributed by atoms with E-state index in [1.165, 1.54) is 4.90 Å². The average Bonchev–Trinajstić information content (AvgIpc) is 2.56. The number of hydrogen-bond donors (Lipinski definition) is 1. The lowest BCUT2D eigenvalue weighted by atomic mass is 9.81. The largest absolute Gasteiger partial charge is 0.380 e. The van der Waals surface area contributed by atoms with E-state index in [1.54, 1.807) is 20.2 Å². The van der Waals surface area contributed by atoms with Crippen LogP contribution in [0.4, 0.5) is 0 Å². The number of rotatable bonds is 5. The molecule has 1 amide bonds. The van der Waals surface area contributed by atoms with E-state index in [4.69, 9.17) is 0 Å². The third-order valence-electron chi connectivity index (χ3n) is 3.85. The van der Waals surface area contributed by atoms with Crippen molar-refractivity contribution in [2.75, 3.05) is 14.1 Å². The predicted molar refractivity (Wildman–Crippen MR) is 93.0 cm³/mol. The molecule has 0 spiro atoms. The molecule has 0 fully saturated rings. The van der Waals surface area contributed by atoms with Crippen molar-refractivity contribution in [3.63, 3.8) is 0 Å². The van der Waals surface area contributed by atoms with Crippen molar-refractivity contribution in [2.45, 2.75) is 18.9 Å². The second-order valence-electron chi connectivity index (χ2n) is 5.99. The van der Waals surface area contributed by atoms with E-state index in [0.717, 1.165) is 16.7 Å². The Balaban J connectivity index is 2.42. The SMILES string of the molecule is C/C(=C\C(=O)N(C)C)CC(O)(c1ccccc1)c1ccccc1. The Bertz CT molecular complexity index is 636. The molecule has 23 heavy (non-hydrogen) atoms. The van der Waals surface area contributed by atoms with Crippen LogP contribution in [0.5, 0.6) is 0 Å². The van der Waals surface area contributed by atoms with Gasteiger partial charge in [-0.3, -0.25) is 4.79 Å². The van der Waals surface area contributed by atoms with E-state index >= 15 is 0 Å². The zero-order valence-electron chi connectivity index (χ0n) is 13.9. The minimum Gasteiger partial charge on any atom is -0.380 e. The first-order valence-corrected chi connectivity index (χ1v) is 7.65. The molecule has 0 aliphatic heterocycles. The highest BCUT2D eigenvalue weighted by Gasteiger charge is 2.31. The summed E-state index contributed by atoms with van der Waals surface area (Å²) in [6.45, 7) is 1.87. The molecular formula is C20H23NO2. The van der Waals surface area contributed by atoms with Crippen LogP contribution in [0.25, 0.3) is 0 Å². The molecule has 3 nitrogen and oxygen atoms in total. The first kappa shape index (κ1) is 17.0. The summed E-state index contributed by atoms with van der Waals surface area (Å²) in [6, 6.07) is 19.1. The van der Waals surface area contributed by atoms with Crippen molar-refractivity contribution in [1.29, 1.82) is 0 Å².